The maximum atomic E-state index is 12.4. The molecule has 0 radical (unpaired) electrons. The Kier molecular flexibility index (Phi) is 6.58. The summed E-state index contributed by atoms with van der Waals surface area (Å²) in [7, 11) is 0. The van der Waals surface area contributed by atoms with Crippen molar-refractivity contribution in [1.29, 1.82) is 0 Å². The van der Waals surface area contributed by atoms with E-state index in [4.69, 9.17) is 14.2 Å². The second-order valence-corrected chi connectivity index (χ2v) is 13.5. The molecule has 5 fully saturated rings. The molecule has 4 aliphatic carbocycles. The predicted octanol–water partition coefficient (Wildman–Crippen LogP) is 1.57. The smallest absolute Gasteiger partial charge is 0.331 e. The number of carbonyl (C=O) groups is 1. The van der Waals surface area contributed by atoms with Crippen molar-refractivity contribution in [2.24, 2.45) is 28.6 Å². The van der Waals surface area contributed by atoms with Crippen LogP contribution in [0.5, 0.6) is 0 Å². The van der Waals surface area contributed by atoms with Crippen LogP contribution in [0.25, 0.3) is 0 Å². The van der Waals surface area contributed by atoms with E-state index in [9.17, 15) is 30.3 Å². The SMILES string of the molecule is CC1OC(OC2CCC3(CO)[C@H]4CCC5(C)C(C6=CC(=O)OC6)CCC5(O)[C@@H]4CCC3(O)C2)CC(O)C1O. The highest BCUT2D eigenvalue weighted by Crippen LogP contribution is 2.70. The van der Waals surface area contributed by atoms with Crippen LogP contribution in [0.3, 0.4) is 0 Å². The number of ether oxygens (including phenoxy) is 3. The molecule has 9 heteroatoms. The van der Waals surface area contributed by atoms with Crippen LogP contribution in [-0.2, 0) is 19.0 Å². The Bertz CT molecular complexity index is 973. The average Bonchev–Trinajstić information content (AvgIpc) is 3.41. The standard InChI is InChI=1S/C29H44O9/c1-16-25(33)22(31)12-24(37-16)38-18-3-8-27(15-30)20-4-7-26(2)19(17-11-23(32)36-14-17)6-10-29(26,35)21(20)5-9-28(27,34)13-18/h11,16,18-22,24-25,30-31,33-35H,3-10,12-15H2,1-2H3/t16?,18?,19?,20-,21+,22?,24?,25?,26?,27?,28?,29?/m0/s1. The number of esters is 1. The number of hydrogen-bond acceptors (Lipinski definition) is 9. The largest absolute Gasteiger partial charge is 0.458 e. The van der Waals surface area contributed by atoms with E-state index < -0.39 is 41.2 Å². The summed E-state index contributed by atoms with van der Waals surface area (Å²) < 4.78 is 17.2. The summed E-state index contributed by atoms with van der Waals surface area (Å²) in [5.41, 5.74) is -2.15. The molecule has 0 aromatic heterocycles. The third kappa shape index (κ3) is 3.72. The first-order valence-corrected chi connectivity index (χ1v) is 14.6. The predicted molar refractivity (Wildman–Crippen MR) is 134 cm³/mol. The van der Waals surface area contributed by atoms with Gasteiger partial charge in [-0.3, -0.25) is 0 Å². The molecule has 6 rings (SSSR count). The van der Waals surface area contributed by atoms with Gasteiger partial charge in [0.25, 0.3) is 0 Å². The minimum absolute atomic E-state index is 0.0117. The van der Waals surface area contributed by atoms with Crippen LogP contribution >= 0.6 is 0 Å². The Hall–Kier alpha value is -1.07. The Balaban J connectivity index is 1.21. The number of hydrogen-bond donors (Lipinski definition) is 5. The van der Waals surface area contributed by atoms with Crippen molar-refractivity contribution < 1.29 is 44.5 Å². The van der Waals surface area contributed by atoms with E-state index in [1.165, 1.54) is 0 Å². The zero-order valence-corrected chi connectivity index (χ0v) is 22.6. The molecule has 5 N–H and O–H groups in total. The van der Waals surface area contributed by atoms with Gasteiger partial charge in [-0.05, 0) is 81.6 Å². The van der Waals surface area contributed by atoms with Crippen molar-refractivity contribution in [3.05, 3.63) is 11.6 Å². The van der Waals surface area contributed by atoms with Gasteiger partial charge >= 0.3 is 5.97 Å². The van der Waals surface area contributed by atoms with Crippen LogP contribution in [0.1, 0.15) is 78.1 Å². The van der Waals surface area contributed by atoms with Gasteiger partial charge in [-0.15, -0.1) is 0 Å². The van der Waals surface area contributed by atoms with Crippen molar-refractivity contribution in [2.45, 2.75) is 120 Å². The van der Waals surface area contributed by atoms with Crippen molar-refractivity contribution in [3.63, 3.8) is 0 Å². The van der Waals surface area contributed by atoms with Crippen LogP contribution in [-0.4, -0.2) is 86.6 Å². The third-order valence-corrected chi connectivity index (χ3v) is 12.1. The molecular weight excluding hydrogens is 492 g/mol. The Labute approximate surface area is 224 Å². The first kappa shape index (κ1) is 27.1. The highest BCUT2D eigenvalue weighted by molar-refractivity contribution is 5.85. The minimum atomic E-state index is -1.12. The first-order chi connectivity index (χ1) is 18.0. The summed E-state index contributed by atoms with van der Waals surface area (Å²) in [6, 6.07) is 0. The Morgan fingerprint density at radius 3 is 2.50 bits per heavy atom. The lowest BCUT2D eigenvalue weighted by molar-refractivity contribution is -0.297. The second kappa shape index (κ2) is 9.23. The summed E-state index contributed by atoms with van der Waals surface area (Å²) in [4.78, 5) is 11.8. The third-order valence-electron chi connectivity index (χ3n) is 12.1. The molecule has 0 aromatic carbocycles. The van der Waals surface area contributed by atoms with E-state index in [2.05, 4.69) is 6.92 Å². The molecule has 10 unspecified atom stereocenters. The lowest BCUT2D eigenvalue weighted by Crippen LogP contribution is -2.69. The van der Waals surface area contributed by atoms with Gasteiger partial charge in [0.2, 0.25) is 0 Å². The minimum Gasteiger partial charge on any atom is -0.458 e. The van der Waals surface area contributed by atoms with Gasteiger partial charge < -0.3 is 39.7 Å². The van der Waals surface area contributed by atoms with Crippen molar-refractivity contribution in [1.82, 2.24) is 0 Å². The van der Waals surface area contributed by atoms with Gasteiger partial charge in [-0.1, -0.05) is 6.92 Å². The summed E-state index contributed by atoms with van der Waals surface area (Å²) in [5.74, 6) is -0.245. The zero-order chi connectivity index (χ0) is 27.1. The molecule has 6 aliphatic rings. The number of fused-ring (bicyclic) bond motifs is 5. The first-order valence-electron chi connectivity index (χ1n) is 14.6. The van der Waals surface area contributed by atoms with Crippen LogP contribution in [0.15, 0.2) is 11.6 Å². The van der Waals surface area contributed by atoms with E-state index in [1.807, 2.05) is 0 Å². The lowest BCUT2D eigenvalue weighted by atomic mass is 9.41. The van der Waals surface area contributed by atoms with Gasteiger partial charge in [0.15, 0.2) is 6.29 Å². The second-order valence-electron chi connectivity index (χ2n) is 13.5. The van der Waals surface area contributed by atoms with Gasteiger partial charge in [-0.2, -0.15) is 0 Å². The summed E-state index contributed by atoms with van der Waals surface area (Å²) >= 11 is 0. The maximum Gasteiger partial charge on any atom is 0.331 e. The average molecular weight is 537 g/mol. The number of rotatable bonds is 4. The fourth-order valence-electron chi connectivity index (χ4n) is 9.94. The lowest BCUT2D eigenvalue weighted by Gasteiger charge is -2.66. The quantitative estimate of drug-likeness (QED) is 0.267. The molecule has 12 atom stereocenters. The van der Waals surface area contributed by atoms with E-state index in [-0.39, 0.29) is 48.3 Å². The van der Waals surface area contributed by atoms with Crippen LogP contribution < -0.4 is 0 Å². The highest BCUT2D eigenvalue weighted by Gasteiger charge is 2.71. The fourth-order valence-corrected chi connectivity index (χ4v) is 9.94. The fraction of sp³-hybridized carbons (Fsp3) is 0.897. The van der Waals surface area contributed by atoms with Crippen molar-refractivity contribution in [3.8, 4) is 0 Å². The van der Waals surface area contributed by atoms with Crippen molar-refractivity contribution in [2.75, 3.05) is 13.2 Å². The molecule has 0 bridgehead atoms. The summed E-state index contributed by atoms with van der Waals surface area (Å²) in [6.07, 6.45) is 4.24. The highest BCUT2D eigenvalue weighted by atomic mass is 16.7. The molecule has 0 spiro atoms. The van der Waals surface area contributed by atoms with E-state index in [1.54, 1.807) is 13.0 Å². The van der Waals surface area contributed by atoms with Gasteiger partial charge in [0.05, 0.1) is 36.1 Å². The maximum absolute atomic E-state index is 12.4. The van der Waals surface area contributed by atoms with E-state index in [0.717, 1.165) is 24.8 Å². The molecule has 2 aliphatic heterocycles. The van der Waals surface area contributed by atoms with E-state index >= 15 is 0 Å². The van der Waals surface area contributed by atoms with Gasteiger partial charge in [0.1, 0.15) is 12.7 Å². The molecule has 214 valence electrons. The van der Waals surface area contributed by atoms with Crippen molar-refractivity contribution >= 4 is 5.97 Å². The van der Waals surface area contributed by atoms with Gasteiger partial charge in [0, 0.05) is 29.7 Å². The monoisotopic (exact) mass is 536 g/mol. The summed E-state index contributed by atoms with van der Waals surface area (Å²) in [5, 5.41) is 55.6. The number of carbonyl (C=O) groups excluding carboxylic acids is 1. The van der Waals surface area contributed by atoms with Crippen LogP contribution in [0, 0.1) is 28.6 Å². The van der Waals surface area contributed by atoms with E-state index in [0.29, 0.717) is 45.1 Å². The normalized spacial score (nSPS) is 54.5. The molecule has 0 aromatic rings. The number of aliphatic hydroxyl groups excluding tert-OH is 3. The number of aliphatic hydroxyl groups is 5. The zero-order valence-electron chi connectivity index (χ0n) is 22.6. The molecule has 2 heterocycles. The molecule has 38 heavy (non-hydrogen) atoms. The van der Waals surface area contributed by atoms with Crippen LogP contribution in [0.4, 0.5) is 0 Å². The Morgan fingerprint density at radius 2 is 1.82 bits per heavy atom. The van der Waals surface area contributed by atoms with Crippen LogP contribution in [0.2, 0.25) is 0 Å². The molecule has 1 saturated heterocycles. The molecule has 4 saturated carbocycles. The summed E-state index contributed by atoms with van der Waals surface area (Å²) in [6.45, 7) is 4.05. The Morgan fingerprint density at radius 1 is 1.05 bits per heavy atom. The number of cyclic esters (lactones) is 1. The molecular formula is C29H44O9. The van der Waals surface area contributed by atoms with Gasteiger partial charge in [-0.25, -0.2) is 4.79 Å². The topological polar surface area (TPSA) is 146 Å². The molecule has 0 amide bonds. The molecule has 9 nitrogen and oxygen atoms in total.